The fraction of sp³-hybridized carbons (Fsp3) is 0. The van der Waals surface area contributed by atoms with Crippen molar-refractivity contribution in [2.24, 2.45) is 0 Å². The van der Waals surface area contributed by atoms with Gasteiger partial charge < -0.3 is 5.11 Å². The molecule has 0 atom stereocenters. The number of hydrogen-bond acceptors (Lipinski definition) is 1. The van der Waals surface area contributed by atoms with Gasteiger partial charge in [-0.1, -0.05) is 35.3 Å². The number of rotatable bonds is 2. The molecule has 19 heavy (non-hydrogen) atoms. The highest BCUT2D eigenvalue weighted by molar-refractivity contribution is 6.36. The lowest BCUT2D eigenvalue weighted by Gasteiger charge is -2.09. The van der Waals surface area contributed by atoms with E-state index in [1.807, 2.05) is 0 Å². The summed E-state index contributed by atoms with van der Waals surface area (Å²) in [4.78, 5) is 10.8. The number of halogens is 4. The summed E-state index contributed by atoms with van der Waals surface area (Å²) in [5.74, 6) is -3.07. The minimum Gasteiger partial charge on any atom is -0.478 e. The van der Waals surface area contributed by atoms with Crippen LogP contribution >= 0.6 is 23.2 Å². The summed E-state index contributed by atoms with van der Waals surface area (Å²) in [5.41, 5.74) is -0.225. The van der Waals surface area contributed by atoms with Gasteiger partial charge in [0, 0.05) is 16.1 Å². The number of hydrogen-bond donors (Lipinski definition) is 1. The number of carboxylic acid groups (broad SMARTS) is 1. The van der Waals surface area contributed by atoms with Crippen molar-refractivity contribution in [2.75, 3.05) is 0 Å². The molecule has 98 valence electrons. The molecular weight excluding hydrogens is 297 g/mol. The van der Waals surface area contributed by atoms with Crippen LogP contribution in [0.2, 0.25) is 10.0 Å². The molecule has 0 fully saturated rings. The van der Waals surface area contributed by atoms with E-state index >= 15 is 0 Å². The van der Waals surface area contributed by atoms with Gasteiger partial charge >= 0.3 is 5.97 Å². The van der Waals surface area contributed by atoms with Crippen molar-refractivity contribution in [3.05, 3.63) is 57.6 Å². The molecule has 1 N–H and O–H groups in total. The topological polar surface area (TPSA) is 37.3 Å². The molecule has 2 aromatic carbocycles. The fourth-order valence-corrected chi connectivity index (χ4v) is 2.12. The van der Waals surface area contributed by atoms with E-state index in [0.29, 0.717) is 0 Å². The van der Waals surface area contributed by atoms with E-state index in [1.54, 1.807) is 0 Å². The molecule has 0 amide bonds. The zero-order chi connectivity index (χ0) is 14.2. The molecule has 0 aliphatic carbocycles. The van der Waals surface area contributed by atoms with Gasteiger partial charge in [0.15, 0.2) is 0 Å². The molecule has 2 aromatic rings. The van der Waals surface area contributed by atoms with E-state index in [2.05, 4.69) is 0 Å². The number of carboxylic acids is 1. The number of aromatic carboxylic acids is 1. The molecule has 0 radical (unpaired) electrons. The van der Waals surface area contributed by atoms with E-state index in [0.717, 1.165) is 18.2 Å². The first-order valence-corrected chi connectivity index (χ1v) is 5.84. The first-order chi connectivity index (χ1) is 8.91. The highest BCUT2D eigenvalue weighted by Gasteiger charge is 2.17. The first kappa shape index (κ1) is 13.8. The Bertz CT molecular complexity index is 672. The molecular formula is C13H6Cl2F2O2. The van der Waals surface area contributed by atoms with Crippen LogP contribution in [0.4, 0.5) is 8.78 Å². The van der Waals surface area contributed by atoms with Gasteiger partial charge in [-0.25, -0.2) is 13.6 Å². The van der Waals surface area contributed by atoms with Crippen LogP contribution in [-0.2, 0) is 0 Å². The standard InChI is InChI=1S/C13H6Cl2F2O2/c14-9-4-8(13(18)19)11(17)5-7(9)6-2-1-3-10(16)12(6)15/h1-5H,(H,18,19). The third-order valence-electron chi connectivity index (χ3n) is 2.53. The van der Waals surface area contributed by atoms with Crippen molar-refractivity contribution in [1.29, 1.82) is 0 Å². The van der Waals surface area contributed by atoms with E-state index in [-0.39, 0.29) is 21.2 Å². The summed E-state index contributed by atoms with van der Waals surface area (Å²) < 4.78 is 27.0. The number of carbonyl (C=O) groups is 1. The summed E-state index contributed by atoms with van der Waals surface area (Å²) in [5, 5.41) is 8.54. The largest absolute Gasteiger partial charge is 0.478 e. The van der Waals surface area contributed by atoms with Crippen molar-refractivity contribution < 1.29 is 18.7 Å². The average Bonchev–Trinajstić information content (AvgIpc) is 2.35. The van der Waals surface area contributed by atoms with E-state index < -0.39 is 23.2 Å². The van der Waals surface area contributed by atoms with E-state index in [9.17, 15) is 13.6 Å². The third-order valence-corrected chi connectivity index (χ3v) is 3.23. The molecule has 0 aliphatic rings. The fourth-order valence-electron chi connectivity index (χ4n) is 1.63. The molecule has 0 aliphatic heterocycles. The van der Waals surface area contributed by atoms with Crippen LogP contribution in [0.1, 0.15) is 10.4 Å². The Morgan fingerprint density at radius 3 is 2.37 bits per heavy atom. The maximum atomic E-state index is 13.6. The third kappa shape index (κ3) is 2.55. The highest BCUT2D eigenvalue weighted by atomic mass is 35.5. The molecule has 0 saturated heterocycles. The van der Waals surface area contributed by atoms with Crippen LogP contribution < -0.4 is 0 Å². The smallest absolute Gasteiger partial charge is 0.338 e. The van der Waals surface area contributed by atoms with Crippen LogP contribution in [0.5, 0.6) is 0 Å². The van der Waals surface area contributed by atoms with Crippen LogP contribution in [0.15, 0.2) is 30.3 Å². The molecule has 0 heterocycles. The minimum atomic E-state index is -1.43. The Hall–Kier alpha value is -1.65. The van der Waals surface area contributed by atoms with Crippen LogP contribution in [0.3, 0.4) is 0 Å². The van der Waals surface area contributed by atoms with Gasteiger partial charge in [-0.2, -0.15) is 0 Å². The molecule has 0 spiro atoms. The Kier molecular flexibility index (Phi) is 3.73. The lowest BCUT2D eigenvalue weighted by atomic mass is 10.0. The second-order valence-corrected chi connectivity index (χ2v) is 4.50. The molecule has 0 aromatic heterocycles. The van der Waals surface area contributed by atoms with Crippen molar-refractivity contribution in [3.8, 4) is 11.1 Å². The van der Waals surface area contributed by atoms with Crippen molar-refractivity contribution >= 4 is 29.2 Å². The molecule has 0 bridgehead atoms. The summed E-state index contributed by atoms with van der Waals surface area (Å²) in [7, 11) is 0. The molecule has 0 saturated carbocycles. The maximum absolute atomic E-state index is 13.6. The van der Waals surface area contributed by atoms with E-state index in [4.69, 9.17) is 28.3 Å². The lowest BCUT2D eigenvalue weighted by molar-refractivity contribution is 0.0692. The average molecular weight is 303 g/mol. The molecule has 0 unspecified atom stereocenters. The minimum absolute atomic E-state index is 0.0219. The van der Waals surface area contributed by atoms with Crippen LogP contribution in [-0.4, -0.2) is 11.1 Å². The summed E-state index contributed by atoms with van der Waals surface area (Å²) in [6, 6.07) is 5.91. The van der Waals surface area contributed by atoms with Crippen molar-refractivity contribution in [2.45, 2.75) is 0 Å². The summed E-state index contributed by atoms with van der Waals surface area (Å²) in [6.45, 7) is 0. The lowest BCUT2D eigenvalue weighted by Crippen LogP contribution is -2.01. The molecule has 2 nitrogen and oxygen atoms in total. The van der Waals surface area contributed by atoms with Crippen LogP contribution in [0, 0.1) is 11.6 Å². The molecule has 2 rings (SSSR count). The normalized spacial score (nSPS) is 10.5. The van der Waals surface area contributed by atoms with Crippen molar-refractivity contribution in [3.63, 3.8) is 0 Å². The van der Waals surface area contributed by atoms with Crippen LogP contribution in [0.25, 0.3) is 11.1 Å². The second kappa shape index (κ2) is 5.15. The monoisotopic (exact) mass is 302 g/mol. The van der Waals surface area contributed by atoms with Gasteiger partial charge in [-0.3, -0.25) is 0 Å². The first-order valence-electron chi connectivity index (χ1n) is 5.08. The van der Waals surface area contributed by atoms with E-state index in [1.165, 1.54) is 12.1 Å². The van der Waals surface area contributed by atoms with Crippen molar-refractivity contribution in [1.82, 2.24) is 0 Å². The summed E-state index contributed by atoms with van der Waals surface area (Å²) in [6.07, 6.45) is 0. The van der Waals surface area contributed by atoms with Gasteiger partial charge in [0.1, 0.15) is 11.6 Å². The van der Waals surface area contributed by atoms with Gasteiger partial charge in [-0.15, -0.1) is 0 Å². The Labute approximate surface area is 117 Å². The van der Waals surface area contributed by atoms with Gasteiger partial charge in [-0.05, 0) is 18.2 Å². The predicted octanol–water partition coefficient (Wildman–Crippen LogP) is 4.64. The predicted molar refractivity (Wildman–Crippen MR) is 68.8 cm³/mol. The van der Waals surface area contributed by atoms with Gasteiger partial charge in [0.25, 0.3) is 0 Å². The van der Waals surface area contributed by atoms with Gasteiger partial charge in [0.2, 0.25) is 0 Å². The maximum Gasteiger partial charge on any atom is 0.338 e. The van der Waals surface area contributed by atoms with Gasteiger partial charge in [0.05, 0.1) is 10.6 Å². The summed E-state index contributed by atoms with van der Waals surface area (Å²) >= 11 is 11.7. The quantitative estimate of drug-likeness (QED) is 0.877. The number of benzene rings is 2. The zero-order valence-corrected chi connectivity index (χ0v) is 10.8. The Morgan fingerprint density at radius 2 is 1.74 bits per heavy atom. The second-order valence-electron chi connectivity index (χ2n) is 3.72. The molecule has 6 heteroatoms. The Morgan fingerprint density at radius 1 is 1.05 bits per heavy atom. The zero-order valence-electron chi connectivity index (χ0n) is 9.25. The Balaban J connectivity index is 2.67. The highest BCUT2D eigenvalue weighted by Crippen LogP contribution is 2.35. The SMILES string of the molecule is O=C(O)c1cc(Cl)c(-c2cccc(F)c2Cl)cc1F.